The molecule has 222 valence electrons. The molecule has 1 saturated carbocycles. The summed E-state index contributed by atoms with van der Waals surface area (Å²) < 4.78 is 27.8. The van der Waals surface area contributed by atoms with E-state index in [4.69, 9.17) is 9.47 Å². The van der Waals surface area contributed by atoms with E-state index < -0.39 is 11.6 Å². The third-order valence-electron chi connectivity index (χ3n) is 9.50. The van der Waals surface area contributed by atoms with Gasteiger partial charge >= 0.3 is 0 Å². The smallest absolute Gasteiger partial charge is 0.256 e. The minimum Gasteiger partial charge on any atom is -0.353 e. The van der Waals surface area contributed by atoms with Crippen molar-refractivity contribution in [3.8, 4) is 5.69 Å². The van der Waals surface area contributed by atoms with Gasteiger partial charge in [-0.25, -0.2) is 4.39 Å². The second kappa shape index (κ2) is 11.5. The first-order valence-electron chi connectivity index (χ1n) is 14.8. The van der Waals surface area contributed by atoms with Crippen LogP contribution in [0.3, 0.4) is 0 Å². The summed E-state index contributed by atoms with van der Waals surface area (Å²) in [7, 11) is 5.24. The number of hydrogen-bond donors (Lipinski definition) is 0. The first-order valence-corrected chi connectivity index (χ1v) is 14.8. The van der Waals surface area contributed by atoms with Crippen LogP contribution in [0.2, 0.25) is 0 Å². The maximum atomic E-state index is 14.4. The number of aromatic nitrogens is 2. The molecular weight excluding hydrogens is 519 g/mol. The molecule has 2 fully saturated rings. The minimum atomic E-state index is -0.422. The summed E-state index contributed by atoms with van der Waals surface area (Å²) in [6.45, 7) is 12.7. The molecule has 5 rings (SSSR count). The van der Waals surface area contributed by atoms with Crippen molar-refractivity contribution in [3.05, 3.63) is 59.3 Å². The van der Waals surface area contributed by atoms with E-state index in [-0.39, 0.29) is 11.9 Å². The van der Waals surface area contributed by atoms with Crippen molar-refractivity contribution >= 4 is 16.8 Å². The highest BCUT2D eigenvalue weighted by Gasteiger charge is 2.51. The molecule has 1 aliphatic carbocycles. The van der Waals surface area contributed by atoms with E-state index in [1.165, 1.54) is 23.1 Å². The molecule has 1 aromatic carbocycles. The quantitative estimate of drug-likeness (QED) is 0.289. The topological polar surface area (TPSA) is 59.8 Å². The number of carbonyl (C=O) groups excluding carboxylic acids is 1. The van der Waals surface area contributed by atoms with Crippen LogP contribution in [0.25, 0.3) is 16.6 Å². The van der Waals surface area contributed by atoms with Gasteiger partial charge in [0.1, 0.15) is 5.82 Å². The Morgan fingerprint density at radius 2 is 1.83 bits per heavy atom. The first kappa shape index (κ1) is 29.7. The summed E-state index contributed by atoms with van der Waals surface area (Å²) in [5.41, 5.74) is 4.31. The van der Waals surface area contributed by atoms with Crippen molar-refractivity contribution in [1.82, 2.24) is 19.4 Å². The molecule has 2 aliphatic rings. The molecule has 7 nitrogen and oxygen atoms in total. The van der Waals surface area contributed by atoms with E-state index in [1.807, 2.05) is 30.8 Å². The number of halogens is 1. The summed E-state index contributed by atoms with van der Waals surface area (Å²) in [5, 5.41) is 1.17. The number of aryl methyl sites for hydroxylation is 1. The van der Waals surface area contributed by atoms with Crippen LogP contribution in [-0.4, -0.2) is 77.5 Å². The third kappa shape index (κ3) is 5.42. The Kier molecular flexibility index (Phi) is 8.30. The SMILES string of the molecule is COC1(OC)CC([C@H](C(C)C)N2CC(Cc3cn(-c4ccc(F)cc4C(=O)N(C)C(C)C)c4cncc(C)c34)C2)C1. The van der Waals surface area contributed by atoms with Crippen molar-refractivity contribution in [2.24, 2.45) is 17.8 Å². The van der Waals surface area contributed by atoms with E-state index >= 15 is 0 Å². The summed E-state index contributed by atoms with van der Waals surface area (Å²) in [4.78, 5) is 22.2. The fourth-order valence-electron chi connectivity index (χ4n) is 7.06. The Bertz CT molecular complexity index is 1400. The summed E-state index contributed by atoms with van der Waals surface area (Å²) in [6.07, 6.45) is 8.71. The van der Waals surface area contributed by atoms with Crippen LogP contribution < -0.4 is 0 Å². The number of hydrogen-bond acceptors (Lipinski definition) is 5. The van der Waals surface area contributed by atoms with Crippen LogP contribution in [0.1, 0.15) is 62.0 Å². The molecule has 3 aromatic rings. The highest BCUT2D eigenvalue weighted by molar-refractivity contribution is 5.99. The summed E-state index contributed by atoms with van der Waals surface area (Å²) >= 11 is 0. The number of fused-ring (bicyclic) bond motifs is 1. The predicted octanol–water partition coefficient (Wildman–Crippen LogP) is 5.85. The molecule has 1 atom stereocenters. The average molecular weight is 565 g/mol. The molecule has 41 heavy (non-hydrogen) atoms. The van der Waals surface area contributed by atoms with Crippen molar-refractivity contribution in [2.75, 3.05) is 34.4 Å². The lowest BCUT2D eigenvalue weighted by Gasteiger charge is -2.55. The molecule has 1 amide bonds. The molecule has 0 bridgehead atoms. The number of benzene rings is 1. The lowest BCUT2D eigenvalue weighted by atomic mass is 9.69. The van der Waals surface area contributed by atoms with Crippen LogP contribution in [0.4, 0.5) is 4.39 Å². The van der Waals surface area contributed by atoms with E-state index in [1.54, 1.807) is 32.2 Å². The molecule has 0 radical (unpaired) electrons. The van der Waals surface area contributed by atoms with E-state index in [2.05, 4.69) is 36.9 Å². The van der Waals surface area contributed by atoms with E-state index in [0.717, 1.165) is 43.4 Å². The van der Waals surface area contributed by atoms with E-state index in [0.29, 0.717) is 35.0 Å². The molecule has 0 N–H and O–H groups in total. The van der Waals surface area contributed by atoms with Gasteiger partial charge in [0, 0.05) is 77.1 Å². The number of ether oxygens (including phenoxy) is 2. The van der Waals surface area contributed by atoms with Gasteiger partial charge in [0.2, 0.25) is 0 Å². The van der Waals surface area contributed by atoms with Crippen molar-refractivity contribution in [1.29, 1.82) is 0 Å². The Hall–Kier alpha value is -2.81. The van der Waals surface area contributed by atoms with Crippen LogP contribution in [-0.2, 0) is 15.9 Å². The molecule has 3 heterocycles. The zero-order valence-electron chi connectivity index (χ0n) is 25.8. The number of carbonyl (C=O) groups is 1. The van der Waals surface area contributed by atoms with Gasteiger partial charge in [0.25, 0.3) is 5.91 Å². The molecule has 8 heteroatoms. The zero-order valence-corrected chi connectivity index (χ0v) is 25.8. The van der Waals surface area contributed by atoms with E-state index in [9.17, 15) is 9.18 Å². The number of nitrogens with zero attached hydrogens (tertiary/aromatic N) is 4. The van der Waals surface area contributed by atoms with Gasteiger partial charge in [-0.2, -0.15) is 0 Å². The van der Waals surface area contributed by atoms with Crippen molar-refractivity contribution in [3.63, 3.8) is 0 Å². The Morgan fingerprint density at radius 1 is 1.15 bits per heavy atom. The molecule has 0 unspecified atom stereocenters. The third-order valence-corrected chi connectivity index (χ3v) is 9.50. The Labute approximate surface area is 243 Å². The highest BCUT2D eigenvalue weighted by atomic mass is 19.1. The highest BCUT2D eigenvalue weighted by Crippen LogP contribution is 2.47. The van der Waals surface area contributed by atoms with Gasteiger partial charge in [0.15, 0.2) is 5.79 Å². The molecule has 0 spiro atoms. The van der Waals surface area contributed by atoms with Gasteiger partial charge < -0.3 is 18.9 Å². The van der Waals surface area contributed by atoms with Crippen molar-refractivity contribution in [2.45, 2.75) is 71.8 Å². The first-order chi connectivity index (χ1) is 19.5. The second-order valence-electron chi connectivity index (χ2n) is 12.8. The van der Waals surface area contributed by atoms with Crippen LogP contribution in [0, 0.1) is 30.5 Å². The standard InChI is InChI=1S/C33H45FN4O3/c1-20(2)31(25-13-33(14-25,40-7)41-8)37-17-23(18-37)11-24-19-38(29-16-35-15-22(5)30(24)29)28-10-9-26(34)12-27(28)32(39)36(6)21(3)4/h9-10,12,15-16,19-21,23,25,31H,11,13-14,17-18H2,1-8H3/t31-/m0/s1. The fraction of sp³-hybridized carbons (Fsp3) is 0.576. The summed E-state index contributed by atoms with van der Waals surface area (Å²) in [6, 6.07) is 5.00. The van der Waals surface area contributed by atoms with Crippen LogP contribution >= 0.6 is 0 Å². The predicted molar refractivity (Wildman–Crippen MR) is 160 cm³/mol. The maximum Gasteiger partial charge on any atom is 0.256 e. The zero-order chi connectivity index (χ0) is 29.6. The normalized spacial score (nSPS) is 18.6. The number of methoxy groups -OCH3 is 2. The van der Waals surface area contributed by atoms with Gasteiger partial charge in [-0.3, -0.25) is 14.7 Å². The van der Waals surface area contributed by atoms with Gasteiger partial charge in [0.05, 0.1) is 23.0 Å². The molecular formula is C33H45FN4O3. The maximum absolute atomic E-state index is 14.4. The fourth-order valence-corrected chi connectivity index (χ4v) is 7.06. The minimum absolute atomic E-state index is 0.00363. The Balaban J connectivity index is 1.40. The second-order valence-corrected chi connectivity index (χ2v) is 12.8. The van der Waals surface area contributed by atoms with Crippen LogP contribution in [0.15, 0.2) is 36.8 Å². The molecule has 2 aromatic heterocycles. The van der Waals surface area contributed by atoms with Crippen LogP contribution in [0.5, 0.6) is 0 Å². The van der Waals surface area contributed by atoms with Gasteiger partial charge in [-0.1, -0.05) is 13.8 Å². The summed E-state index contributed by atoms with van der Waals surface area (Å²) in [5.74, 6) is 0.633. The average Bonchev–Trinajstić information content (AvgIpc) is 3.26. The molecule has 1 saturated heterocycles. The Morgan fingerprint density at radius 3 is 2.44 bits per heavy atom. The number of rotatable bonds is 10. The number of amides is 1. The lowest BCUT2D eigenvalue weighted by Crippen LogP contribution is -2.62. The van der Waals surface area contributed by atoms with Gasteiger partial charge in [-0.05, 0) is 74.3 Å². The monoisotopic (exact) mass is 564 g/mol. The lowest BCUT2D eigenvalue weighted by molar-refractivity contribution is -0.281. The number of likely N-dealkylation sites (tertiary alicyclic amines) is 1. The number of pyridine rings is 1. The molecule has 1 aliphatic heterocycles. The van der Waals surface area contributed by atoms with Gasteiger partial charge in [-0.15, -0.1) is 0 Å². The largest absolute Gasteiger partial charge is 0.353 e. The van der Waals surface area contributed by atoms with Crippen molar-refractivity contribution < 1.29 is 18.7 Å².